The Hall–Kier alpha value is -3.20. The number of carbonyl (C=O) groups excluding carboxylic acids is 1. The van der Waals surface area contributed by atoms with Gasteiger partial charge in [0.05, 0.1) is 12.1 Å². The van der Waals surface area contributed by atoms with E-state index in [0.29, 0.717) is 11.1 Å². The normalized spacial score (nSPS) is 21.6. The summed E-state index contributed by atoms with van der Waals surface area (Å²) in [5.74, 6) is -4.45. The molecule has 1 aliphatic heterocycles. The van der Waals surface area contributed by atoms with Crippen molar-refractivity contribution < 1.29 is 18.0 Å². The summed E-state index contributed by atoms with van der Waals surface area (Å²) in [6, 6.07) is 8.91. The fourth-order valence-electron chi connectivity index (χ4n) is 3.88. The summed E-state index contributed by atoms with van der Waals surface area (Å²) in [7, 11) is 1.53. The number of alkyl halides is 2. The lowest BCUT2D eigenvalue weighted by atomic mass is 9.77. The highest BCUT2D eigenvalue weighted by Crippen LogP contribution is 2.47. The van der Waals surface area contributed by atoms with Crippen LogP contribution < -0.4 is 5.73 Å². The number of nitrogens with two attached hydrogens (primary N) is 1. The zero-order chi connectivity index (χ0) is 23.3. The number of hydrogen-bond donors (Lipinski definition) is 1. The van der Waals surface area contributed by atoms with Gasteiger partial charge in [-0.15, -0.1) is 11.3 Å². The van der Waals surface area contributed by atoms with Crippen LogP contribution in [0.15, 0.2) is 59.2 Å². The molecule has 0 fully saturated rings. The highest BCUT2D eigenvalue weighted by molar-refractivity contribution is 7.10. The molecule has 166 valence electrons. The van der Waals surface area contributed by atoms with Crippen LogP contribution in [0.4, 0.5) is 13.2 Å². The molecule has 32 heavy (non-hydrogen) atoms. The molecule has 0 saturated carbocycles. The highest BCUT2D eigenvalue weighted by Gasteiger charge is 2.48. The molecule has 0 saturated heterocycles. The van der Waals surface area contributed by atoms with E-state index in [9.17, 15) is 18.0 Å². The fourth-order valence-corrected chi connectivity index (χ4v) is 4.94. The zero-order valence-electron chi connectivity index (χ0n) is 17.6. The standard InChI is InChI=1S/C23H21F3N4OS/c1-22(18-9-15(12-32-18)14-8-17(24)11-28-10-14)19(20(31)30(3)21(27)29-22)13-4-6-16(7-5-13)23(2,25)26/h4-12,19H,1-3H3,(H2,27,29)/t19-,22+/m0/s1. The van der Waals surface area contributed by atoms with Crippen molar-refractivity contribution in [3.05, 3.63) is 76.0 Å². The Morgan fingerprint density at radius 1 is 1.16 bits per heavy atom. The third-order valence-electron chi connectivity index (χ3n) is 5.72. The molecular weight excluding hydrogens is 437 g/mol. The van der Waals surface area contributed by atoms with Gasteiger partial charge in [0, 0.05) is 36.2 Å². The molecule has 2 atom stereocenters. The van der Waals surface area contributed by atoms with Crippen LogP contribution in [-0.4, -0.2) is 28.8 Å². The van der Waals surface area contributed by atoms with Gasteiger partial charge >= 0.3 is 0 Å². The Labute approximate surface area is 187 Å². The van der Waals surface area contributed by atoms with Gasteiger partial charge in [-0.3, -0.25) is 14.7 Å². The molecule has 1 amide bonds. The number of rotatable bonds is 4. The second-order valence-electron chi connectivity index (χ2n) is 8.05. The van der Waals surface area contributed by atoms with E-state index in [1.807, 2.05) is 11.4 Å². The van der Waals surface area contributed by atoms with E-state index >= 15 is 0 Å². The van der Waals surface area contributed by atoms with Crippen molar-refractivity contribution in [1.82, 2.24) is 9.88 Å². The number of aromatic nitrogens is 1. The van der Waals surface area contributed by atoms with Gasteiger partial charge in [0.15, 0.2) is 5.96 Å². The van der Waals surface area contributed by atoms with Crippen LogP contribution >= 0.6 is 11.3 Å². The van der Waals surface area contributed by atoms with Crippen LogP contribution in [0.3, 0.4) is 0 Å². The maximum Gasteiger partial charge on any atom is 0.270 e. The Morgan fingerprint density at radius 3 is 2.47 bits per heavy atom. The molecule has 3 heterocycles. The number of guanidine groups is 1. The van der Waals surface area contributed by atoms with Gasteiger partial charge in [0.2, 0.25) is 5.91 Å². The number of nitrogens with zero attached hydrogens (tertiary/aromatic N) is 3. The predicted molar refractivity (Wildman–Crippen MR) is 118 cm³/mol. The largest absolute Gasteiger partial charge is 0.369 e. The van der Waals surface area contributed by atoms with E-state index in [1.54, 1.807) is 13.1 Å². The predicted octanol–water partition coefficient (Wildman–Crippen LogP) is 4.85. The SMILES string of the molecule is CN1C(=O)[C@H](c2ccc(C(C)(F)F)cc2)[C@@](C)(c2cc(-c3cncc(F)c3)cs2)N=C1N. The van der Waals surface area contributed by atoms with E-state index in [1.165, 1.54) is 53.6 Å². The topological polar surface area (TPSA) is 71.6 Å². The molecule has 0 radical (unpaired) electrons. The van der Waals surface area contributed by atoms with Gasteiger partial charge in [-0.1, -0.05) is 24.3 Å². The number of aliphatic imine (C=N–C) groups is 1. The van der Waals surface area contributed by atoms with Crippen molar-refractivity contribution in [2.45, 2.75) is 31.2 Å². The van der Waals surface area contributed by atoms with E-state index in [0.717, 1.165) is 23.6 Å². The van der Waals surface area contributed by atoms with Gasteiger partial charge in [0.1, 0.15) is 11.4 Å². The molecule has 0 bridgehead atoms. The second kappa shape index (κ2) is 7.74. The molecule has 0 aliphatic carbocycles. The van der Waals surface area contributed by atoms with Crippen molar-refractivity contribution in [2.24, 2.45) is 10.7 Å². The number of hydrogen-bond acceptors (Lipinski definition) is 5. The molecular formula is C23H21F3N4OS. The van der Waals surface area contributed by atoms with Crippen LogP contribution in [0.1, 0.15) is 35.8 Å². The first kappa shape index (κ1) is 22.0. The van der Waals surface area contributed by atoms with Crippen molar-refractivity contribution >= 4 is 23.2 Å². The lowest BCUT2D eigenvalue weighted by Crippen LogP contribution is -2.52. The fraction of sp³-hybridized carbons (Fsp3) is 0.261. The Balaban J connectivity index is 1.81. The molecule has 9 heteroatoms. The molecule has 5 nitrogen and oxygen atoms in total. The van der Waals surface area contributed by atoms with Crippen molar-refractivity contribution in [1.29, 1.82) is 0 Å². The first-order chi connectivity index (χ1) is 15.0. The number of halogens is 3. The number of pyridine rings is 1. The number of amides is 1. The van der Waals surface area contributed by atoms with Crippen LogP contribution in [0, 0.1) is 5.82 Å². The zero-order valence-corrected chi connectivity index (χ0v) is 18.5. The van der Waals surface area contributed by atoms with E-state index in [-0.39, 0.29) is 17.4 Å². The second-order valence-corrected chi connectivity index (χ2v) is 8.96. The van der Waals surface area contributed by atoms with Crippen LogP contribution in [0.25, 0.3) is 11.1 Å². The Bertz CT molecular complexity index is 1200. The van der Waals surface area contributed by atoms with Gasteiger partial charge in [-0.2, -0.15) is 0 Å². The van der Waals surface area contributed by atoms with Gasteiger partial charge in [-0.05, 0) is 35.6 Å². The summed E-state index contributed by atoms with van der Waals surface area (Å²) in [6.45, 7) is 2.61. The average molecular weight is 459 g/mol. The van der Waals surface area contributed by atoms with Crippen molar-refractivity contribution in [3.63, 3.8) is 0 Å². The maximum atomic E-state index is 13.7. The molecule has 4 rings (SSSR count). The summed E-state index contributed by atoms with van der Waals surface area (Å²) >= 11 is 1.36. The number of thiophene rings is 1. The summed E-state index contributed by atoms with van der Waals surface area (Å²) in [4.78, 5) is 23.8. The smallest absolute Gasteiger partial charge is 0.270 e. The monoisotopic (exact) mass is 458 g/mol. The van der Waals surface area contributed by atoms with Crippen molar-refractivity contribution in [3.8, 4) is 11.1 Å². The number of benzene rings is 1. The summed E-state index contributed by atoms with van der Waals surface area (Å²) in [6.07, 6.45) is 2.67. The number of likely N-dealkylation sites (N-methyl/N-ethyl adjacent to an activating group) is 1. The summed E-state index contributed by atoms with van der Waals surface area (Å²) in [5, 5.41) is 1.84. The van der Waals surface area contributed by atoms with Crippen LogP contribution in [0.5, 0.6) is 0 Å². The quantitative estimate of drug-likeness (QED) is 0.608. The van der Waals surface area contributed by atoms with Crippen molar-refractivity contribution in [2.75, 3.05) is 7.05 Å². The minimum absolute atomic E-state index is 0.0628. The molecule has 1 aromatic carbocycles. The molecule has 0 unspecified atom stereocenters. The summed E-state index contributed by atoms with van der Waals surface area (Å²) < 4.78 is 41.0. The van der Waals surface area contributed by atoms with Crippen LogP contribution in [0.2, 0.25) is 0 Å². The first-order valence-electron chi connectivity index (χ1n) is 9.82. The average Bonchev–Trinajstić information content (AvgIpc) is 3.23. The molecule has 2 aromatic heterocycles. The first-order valence-corrected chi connectivity index (χ1v) is 10.7. The molecule has 1 aliphatic rings. The van der Waals surface area contributed by atoms with Gasteiger partial charge in [-0.25, -0.2) is 18.2 Å². The molecule has 3 aromatic rings. The van der Waals surface area contributed by atoms with Gasteiger partial charge in [0.25, 0.3) is 5.92 Å². The van der Waals surface area contributed by atoms with E-state index in [2.05, 4.69) is 9.98 Å². The van der Waals surface area contributed by atoms with E-state index in [4.69, 9.17) is 5.73 Å². The van der Waals surface area contributed by atoms with Gasteiger partial charge < -0.3 is 5.73 Å². The minimum Gasteiger partial charge on any atom is -0.369 e. The molecule has 2 N–H and O–H groups in total. The highest BCUT2D eigenvalue weighted by atomic mass is 32.1. The third-order valence-corrected chi connectivity index (χ3v) is 6.87. The Morgan fingerprint density at radius 2 is 1.84 bits per heavy atom. The molecule has 0 spiro atoms. The van der Waals surface area contributed by atoms with Crippen LogP contribution in [-0.2, 0) is 16.3 Å². The minimum atomic E-state index is -2.99. The summed E-state index contributed by atoms with van der Waals surface area (Å²) in [5.41, 5.74) is 6.71. The Kier molecular flexibility index (Phi) is 5.32. The van der Waals surface area contributed by atoms with E-state index < -0.39 is 23.2 Å². The third kappa shape index (κ3) is 3.77. The number of carbonyl (C=O) groups is 1. The lowest BCUT2D eigenvalue weighted by molar-refractivity contribution is -0.130. The maximum absolute atomic E-state index is 13.7. The lowest BCUT2D eigenvalue weighted by Gasteiger charge is -2.40.